The van der Waals surface area contributed by atoms with Crippen LogP contribution in [0.5, 0.6) is 0 Å². The number of halogens is 1. The molecule has 0 spiro atoms. The van der Waals surface area contributed by atoms with Gasteiger partial charge in [-0.3, -0.25) is 4.79 Å². The molecule has 1 aromatic carbocycles. The van der Waals surface area contributed by atoms with Gasteiger partial charge in [-0.25, -0.2) is 0 Å². The van der Waals surface area contributed by atoms with Gasteiger partial charge >= 0.3 is 0 Å². The molecular formula is C18H24INO. The lowest BCUT2D eigenvalue weighted by Crippen LogP contribution is -2.29. The van der Waals surface area contributed by atoms with E-state index in [2.05, 4.69) is 60.8 Å². The number of Topliss-reactive ketones (excluding diaryl/α,β-unsaturated/α-hetero) is 1. The molecule has 0 aliphatic heterocycles. The van der Waals surface area contributed by atoms with Crippen LogP contribution in [0.2, 0.25) is 0 Å². The van der Waals surface area contributed by atoms with E-state index < -0.39 is 0 Å². The highest BCUT2D eigenvalue weighted by molar-refractivity contribution is 14.1. The third-order valence-electron chi connectivity index (χ3n) is 4.82. The quantitative estimate of drug-likeness (QED) is 0.545. The maximum atomic E-state index is 12.1. The first-order chi connectivity index (χ1) is 9.92. The third kappa shape index (κ3) is 4.31. The summed E-state index contributed by atoms with van der Waals surface area (Å²) in [6.07, 6.45) is 5.69. The Morgan fingerprint density at radius 3 is 2.62 bits per heavy atom. The predicted molar refractivity (Wildman–Crippen MR) is 97.3 cm³/mol. The maximum absolute atomic E-state index is 12.1. The zero-order chi connectivity index (χ0) is 15.5. The lowest BCUT2D eigenvalue weighted by molar-refractivity contribution is -0.117. The van der Waals surface area contributed by atoms with Crippen LogP contribution in [0.15, 0.2) is 36.0 Å². The normalized spacial score (nSPS) is 21.6. The SMILES string of the molecule is CCC(C)(C)[C@H]1CCC(=O)/C(=C/Nc2ccc(I)cc2)C1. The van der Waals surface area contributed by atoms with E-state index in [4.69, 9.17) is 0 Å². The summed E-state index contributed by atoms with van der Waals surface area (Å²) in [5.41, 5.74) is 2.29. The van der Waals surface area contributed by atoms with Crippen LogP contribution in [0.3, 0.4) is 0 Å². The van der Waals surface area contributed by atoms with E-state index in [1.807, 2.05) is 18.3 Å². The van der Waals surface area contributed by atoms with Crippen molar-refractivity contribution in [2.45, 2.75) is 46.5 Å². The Balaban J connectivity index is 2.07. The number of hydrogen-bond acceptors (Lipinski definition) is 2. The van der Waals surface area contributed by atoms with Crippen LogP contribution in [0.25, 0.3) is 0 Å². The Morgan fingerprint density at radius 1 is 1.33 bits per heavy atom. The molecular weight excluding hydrogens is 373 g/mol. The van der Waals surface area contributed by atoms with Gasteiger partial charge in [0.15, 0.2) is 5.78 Å². The highest BCUT2D eigenvalue weighted by Gasteiger charge is 2.33. The third-order valence-corrected chi connectivity index (χ3v) is 5.54. The van der Waals surface area contributed by atoms with Crippen LogP contribution in [-0.2, 0) is 4.79 Å². The summed E-state index contributed by atoms with van der Waals surface area (Å²) in [5.74, 6) is 0.904. The van der Waals surface area contributed by atoms with Crippen molar-refractivity contribution >= 4 is 34.1 Å². The first-order valence-corrected chi connectivity index (χ1v) is 8.74. The van der Waals surface area contributed by atoms with Crippen molar-refractivity contribution in [2.75, 3.05) is 5.32 Å². The van der Waals surface area contributed by atoms with Gasteiger partial charge < -0.3 is 5.32 Å². The van der Waals surface area contributed by atoms with Crippen molar-refractivity contribution in [3.63, 3.8) is 0 Å². The Bertz CT molecular complexity index is 531. The highest BCUT2D eigenvalue weighted by atomic mass is 127. The van der Waals surface area contributed by atoms with E-state index in [9.17, 15) is 4.79 Å². The average Bonchev–Trinajstić information content (AvgIpc) is 2.48. The number of allylic oxidation sites excluding steroid dienone is 1. The van der Waals surface area contributed by atoms with E-state index in [-0.39, 0.29) is 0 Å². The molecule has 0 amide bonds. The van der Waals surface area contributed by atoms with Gasteiger partial charge in [0.25, 0.3) is 0 Å². The first-order valence-electron chi connectivity index (χ1n) is 7.66. The van der Waals surface area contributed by atoms with Crippen LogP contribution in [0.4, 0.5) is 5.69 Å². The minimum atomic E-state index is 0.302. The molecule has 0 heterocycles. The molecule has 2 nitrogen and oxygen atoms in total. The lowest BCUT2D eigenvalue weighted by atomic mass is 9.68. The molecule has 1 saturated carbocycles. The van der Waals surface area contributed by atoms with Crippen molar-refractivity contribution in [1.29, 1.82) is 0 Å². The molecule has 2 rings (SSSR count). The van der Waals surface area contributed by atoms with E-state index >= 15 is 0 Å². The molecule has 1 aliphatic rings. The van der Waals surface area contributed by atoms with Crippen LogP contribution in [0.1, 0.15) is 46.5 Å². The molecule has 114 valence electrons. The minimum Gasteiger partial charge on any atom is -0.361 e. The van der Waals surface area contributed by atoms with Gasteiger partial charge in [0.1, 0.15) is 0 Å². The summed E-state index contributed by atoms with van der Waals surface area (Å²) < 4.78 is 1.21. The van der Waals surface area contributed by atoms with Gasteiger partial charge in [0.2, 0.25) is 0 Å². The van der Waals surface area contributed by atoms with Crippen LogP contribution >= 0.6 is 22.6 Å². The smallest absolute Gasteiger partial charge is 0.160 e. The highest BCUT2D eigenvalue weighted by Crippen LogP contribution is 2.41. The topological polar surface area (TPSA) is 29.1 Å². The Kier molecular flexibility index (Phi) is 5.47. The van der Waals surface area contributed by atoms with Gasteiger partial charge in [0.05, 0.1) is 0 Å². The minimum absolute atomic E-state index is 0.302. The number of hydrogen-bond donors (Lipinski definition) is 1. The summed E-state index contributed by atoms with van der Waals surface area (Å²) in [6, 6.07) is 8.21. The second-order valence-electron chi connectivity index (χ2n) is 6.53. The predicted octanol–water partition coefficient (Wildman–Crippen LogP) is 5.39. The fraction of sp³-hybridized carbons (Fsp3) is 0.500. The molecule has 1 N–H and O–H groups in total. The van der Waals surface area contributed by atoms with Crippen molar-refractivity contribution in [1.82, 2.24) is 0 Å². The van der Waals surface area contributed by atoms with E-state index in [0.29, 0.717) is 23.5 Å². The first kappa shape index (κ1) is 16.5. The van der Waals surface area contributed by atoms with Crippen molar-refractivity contribution in [3.8, 4) is 0 Å². The average molecular weight is 397 g/mol. The molecule has 0 saturated heterocycles. The largest absolute Gasteiger partial charge is 0.361 e. The van der Waals surface area contributed by atoms with Gasteiger partial charge in [-0.05, 0) is 71.0 Å². The Hall–Kier alpha value is -0.840. The summed E-state index contributed by atoms with van der Waals surface area (Å²) >= 11 is 2.29. The molecule has 0 radical (unpaired) electrons. The summed E-state index contributed by atoms with van der Waals surface area (Å²) in [6.45, 7) is 6.87. The number of ketones is 1. The van der Waals surface area contributed by atoms with E-state index in [0.717, 1.165) is 30.5 Å². The zero-order valence-electron chi connectivity index (χ0n) is 13.1. The number of anilines is 1. The van der Waals surface area contributed by atoms with Gasteiger partial charge in [0, 0.05) is 27.5 Å². The molecule has 1 atom stereocenters. The Labute approximate surface area is 141 Å². The van der Waals surface area contributed by atoms with Crippen LogP contribution < -0.4 is 5.32 Å². The van der Waals surface area contributed by atoms with Crippen molar-refractivity contribution in [3.05, 3.63) is 39.6 Å². The number of nitrogens with one attached hydrogen (secondary N) is 1. The fourth-order valence-electron chi connectivity index (χ4n) is 2.76. The Morgan fingerprint density at radius 2 is 2.00 bits per heavy atom. The summed E-state index contributed by atoms with van der Waals surface area (Å²) in [4.78, 5) is 12.1. The molecule has 0 unspecified atom stereocenters. The molecule has 0 bridgehead atoms. The van der Waals surface area contributed by atoms with Gasteiger partial charge in [-0.1, -0.05) is 27.2 Å². The van der Waals surface area contributed by atoms with Crippen molar-refractivity contribution < 1.29 is 4.79 Å². The standard InChI is InChI=1S/C18H24INO/c1-4-18(2,3)14-5-10-17(21)13(11-14)12-20-16-8-6-15(19)7-9-16/h6-9,12,14,20H,4-5,10-11H2,1-3H3/b13-12+/t14-/m0/s1. The van der Waals surface area contributed by atoms with E-state index in [1.54, 1.807) is 0 Å². The van der Waals surface area contributed by atoms with E-state index in [1.165, 1.54) is 3.57 Å². The summed E-state index contributed by atoms with van der Waals surface area (Å²) in [5, 5.41) is 3.28. The number of carbonyl (C=O) groups excluding carboxylic acids is 1. The molecule has 0 aromatic heterocycles. The zero-order valence-corrected chi connectivity index (χ0v) is 15.2. The van der Waals surface area contributed by atoms with Crippen molar-refractivity contribution in [2.24, 2.45) is 11.3 Å². The molecule has 1 aliphatic carbocycles. The van der Waals surface area contributed by atoms with Gasteiger partial charge in [-0.2, -0.15) is 0 Å². The van der Waals surface area contributed by atoms with Crippen LogP contribution in [-0.4, -0.2) is 5.78 Å². The number of rotatable bonds is 4. The second kappa shape index (κ2) is 6.95. The lowest BCUT2D eigenvalue weighted by Gasteiger charge is -2.36. The molecule has 1 fully saturated rings. The summed E-state index contributed by atoms with van der Waals surface area (Å²) in [7, 11) is 0. The van der Waals surface area contributed by atoms with Gasteiger partial charge in [-0.15, -0.1) is 0 Å². The van der Waals surface area contributed by atoms with Crippen LogP contribution in [0, 0.1) is 14.9 Å². The molecule has 21 heavy (non-hydrogen) atoms. The fourth-order valence-corrected chi connectivity index (χ4v) is 3.12. The molecule has 1 aromatic rings. The number of benzene rings is 1. The molecule has 3 heteroatoms. The number of carbonyl (C=O) groups is 1. The second-order valence-corrected chi connectivity index (χ2v) is 7.77. The monoisotopic (exact) mass is 397 g/mol. The maximum Gasteiger partial charge on any atom is 0.160 e.